The predicted octanol–water partition coefficient (Wildman–Crippen LogP) is 2.79. The molecule has 0 radical (unpaired) electrons. The van der Waals surface area contributed by atoms with Crippen LogP contribution in [-0.4, -0.2) is 9.55 Å². The highest BCUT2D eigenvalue weighted by atomic mass is 32.1. The number of hydrogen-bond donors (Lipinski definition) is 2. The lowest BCUT2D eigenvalue weighted by molar-refractivity contribution is 0.550. The van der Waals surface area contributed by atoms with E-state index in [1.54, 1.807) is 4.88 Å². The minimum atomic E-state index is 0.00662. The lowest BCUT2D eigenvalue weighted by atomic mass is 9.99. The Balaban J connectivity index is 1.92. The van der Waals surface area contributed by atoms with Gasteiger partial charge in [0.25, 0.3) is 0 Å². The molecule has 1 aliphatic rings. The lowest BCUT2D eigenvalue weighted by Crippen LogP contribution is -2.30. The molecule has 108 valence electrons. The van der Waals surface area contributed by atoms with Gasteiger partial charge in [-0.05, 0) is 43.7 Å². The Morgan fingerprint density at radius 3 is 3.05 bits per heavy atom. The topological polar surface area (TPSA) is 55.9 Å². The standard InChI is InChI=1S/C15H22N4S/c1-2-8-19-9-7-17-15(19)14(18-16)13-10-11-5-3-4-6-12(11)20-13/h7,9-10,14,18H,2-6,8,16H2,1H3. The number of nitrogens with zero attached hydrogens (tertiary/aromatic N) is 2. The first-order chi connectivity index (χ1) is 9.83. The Bertz CT molecular complexity index is 549. The third kappa shape index (κ3) is 2.53. The van der Waals surface area contributed by atoms with E-state index in [1.807, 2.05) is 23.7 Å². The summed E-state index contributed by atoms with van der Waals surface area (Å²) >= 11 is 1.90. The lowest BCUT2D eigenvalue weighted by Gasteiger charge is -2.15. The molecule has 4 nitrogen and oxygen atoms in total. The Morgan fingerprint density at radius 1 is 1.45 bits per heavy atom. The van der Waals surface area contributed by atoms with Crippen LogP contribution < -0.4 is 11.3 Å². The fourth-order valence-electron chi connectivity index (χ4n) is 2.95. The van der Waals surface area contributed by atoms with Gasteiger partial charge in [0.2, 0.25) is 0 Å². The number of hydrogen-bond acceptors (Lipinski definition) is 4. The number of imidazole rings is 1. The third-order valence-corrected chi connectivity index (χ3v) is 5.24. The maximum absolute atomic E-state index is 5.82. The van der Waals surface area contributed by atoms with Crippen molar-refractivity contribution in [1.82, 2.24) is 15.0 Å². The molecule has 1 unspecified atom stereocenters. The van der Waals surface area contributed by atoms with Crippen LogP contribution in [-0.2, 0) is 19.4 Å². The van der Waals surface area contributed by atoms with Crippen LogP contribution >= 0.6 is 11.3 Å². The molecule has 0 aromatic carbocycles. The number of nitrogens with one attached hydrogen (secondary N) is 1. The van der Waals surface area contributed by atoms with Gasteiger partial charge < -0.3 is 4.57 Å². The molecule has 0 saturated heterocycles. The second-order valence-electron chi connectivity index (χ2n) is 5.38. The molecule has 0 aliphatic heterocycles. The molecule has 0 spiro atoms. The minimum Gasteiger partial charge on any atom is -0.333 e. The average molecular weight is 290 g/mol. The first-order valence-corrected chi connectivity index (χ1v) is 8.23. The second-order valence-corrected chi connectivity index (χ2v) is 6.55. The number of thiophene rings is 1. The van der Waals surface area contributed by atoms with Crippen molar-refractivity contribution in [3.63, 3.8) is 0 Å². The van der Waals surface area contributed by atoms with Crippen molar-refractivity contribution >= 4 is 11.3 Å². The fraction of sp³-hybridized carbons (Fsp3) is 0.533. The zero-order chi connectivity index (χ0) is 13.9. The number of hydrazine groups is 1. The summed E-state index contributed by atoms with van der Waals surface area (Å²) in [6.45, 7) is 3.16. The van der Waals surface area contributed by atoms with E-state index in [0.29, 0.717) is 0 Å². The van der Waals surface area contributed by atoms with Crippen molar-refractivity contribution in [1.29, 1.82) is 0 Å². The van der Waals surface area contributed by atoms with E-state index in [2.05, 4.69) is 28.0 Å². The van der Waals surface area contributed by atoms with Gasteiger partial charge in [0.15, 0.2) is 0 Å². The molecule has 1 aliphatic carbocycles. The van der Waals surface area contributed by atoms with Gasteiger partial charge in [-0.25, -0.2) is 10.4 Å². The van der Waals surface area contributed by atoms with Crippen LogP contribution in [0.3, 0.4) is 0 Å². The Hall–Kier alpha value is -1.17. The van der Waals surface area contributed by atoms with Gasteiger partial charge in [-0.2, -0.15) is 0 Å². The van der Waals surface area contributed by atoms with Crippen molar-refractivity contribution in [2.45, 2.75) is 51.6 Å². The molecular weight excluding hydrogens is 268 g/mol. The number of fused-ring (bicyclic) bond motifs is 1. The smallest absolute Gasteiger partial charge is 0.132 e. The average Bonchev–Trinajstić information content (AvgIpc) is 3.07. The molecule has 1 atom stereocenters. The Labute approximate surface area is 124 Å². The first kappa shape index (κ1) is 13.8. The van der Waals surface area contributed by atoms with E-state index in [0.717, 1.165) is 18.8 Å². The molecule has 3 rings (SSSR count). The van der Waals surface area contributed by atoms with Gasteiger partial charge in [0.1, 0.15) is 11.9 Å². The highest BCUT2D eigenvalue weighted by molar-refractivity contribution is 7.12. The largest absolute Gasteiger partial charge is 0.333 e. The van der Waals surface area contributed by atoms with Gasteiger partial charge >= 0.3 is 0 Å². The van der Waals surface area contributed by atoms with Crippen molar-refractivity contribution in [2.24, 2.45) is 5.84 Å². The van der Waals surface area contributed by atoms with E-state index in [4.69, 9.17) is 5.84 Å². The second kappa shape index (κ2) is 6.08. The van der Waals surface area contributed by atoms with Crippen molar-refractivity contribution < 1.29 is 0 Å². The maximum atomic E-state index is 5.82. The summed E-state index contributed by atoms with van der Waals surface area (Å²) in [7, 11) is 0. The van der Waals surface area contributed by atoms with Crippen LogP contribution in [0.25, 0.3) is 0 Å². The van der Waals surface area contributed by atoms with Gasteiger partial charge in [0.05, 0.1) is 0 Å². The van der Waals surface area contributed by atoms with Crippen LogP contribution in [0, 0.1) is 0 Å². The molecule has 2 aromatic heterocycles. The number of nitrogens with two attached hydrogens (primary N) is 1. The minimum absolute atomic E-state index is 0.00662. The maximum Gasteiger partial charge on any atom is 0.132 e. The molecule has 0 fully saturated rings. The van der Waals surface area contributed by atoms with Gasteiger partial charge in [0, 0.05) is 28.7 Å². The van der Waals surface area contributed by atoms with Crippen LogP contribution in [0.1, 0.15) is 53.4 Å². The Kier molecular flexibility index (Phi) is 4.19. The number of rotatable bonds is 5. The van der Waals surface area contributed by atoms with E-state index in [1.165, 1.54) is 36.1 Å². The molecule has 2 heterocycles. The molecule has 2 aromatic rings. The fourth-order valence-corrected chi connectivity index (χ4v) is 4.27. The van der Waals surface area contributed by atoms with Crippen LogP contribution in [0.4, 0.5) is 0 Å². The summed E-state index contributed by atoms with van der Waals surface area (Å²) in [6, 6.07) is 2.33. The zero-order valence-electron chi connectivity index (χ0n) is 11.9. The van der Waals surface area contributed by atoms with Gasteiger partial charge in [-0.1, -0.05) is 6.92 Å². The molecular formula is C15H22N4S. The molecule has 5 heteroatoms. The van der Waals surface area contributed by atoms with Crippen molar-refractivity contribution in [2.75, 3.05) is 0 Å². The summed E-state index contributed by atoms with van der Waals surface area (Å²) in [5, 5.41) is 0. The summed E-state index contributed by atoms with van der Waals surface area (Å²) in [5.41, 5.74) is 4.47. The molecule has 20 heavy (non-hydrogen) atoms. The summed E-state index contributed by atoms with van der Waals surface area (Å²) < 4.78 is 2.20. The SMILES string of the molecule is CCCn1ccnc1C(NN)c1cc2c(s1)CCCC2. The van der Waals surface area contributed by atoms with E-state index in [-0.39, 0.29) is 6.04 Å². The Morgan fingerprint density at radius 2 is 2.30 bits per heavy atom. The van der Waals surface area contributed by atoms with E-state index >= 15 is 0 Å². The van der Waals surface area contributed by atoms with E-state index in [9.17, 15) is 0 Å². The highest BCUT2D eigenvalue weighted by Crippen LogP contribution is 2.34. The molecule has 0 bridgehead atoms. The van der Waals surface area contributed by atoms with Crippen LogP contribution in [0.2, 0.25) is 0 Å². The summed E-state index contributed by atoms with van der Waals surface area (Å²) in [4.78, 5) is 7.35. The quantitative estimate of drug-likeness (QED) is 0.657. The number of aromatic nitrogens is 2. The summed E-state index contributed by atoms with van der Waals surface area (Å²) in [6.07, 6.45) is 10.1. The number of aryl methyl sites for hydroxylation is 3. The molecule has 3 N–H and O–H groups in total. The van der Waals surface area contributed by atoms with Crippen LogP contribution in [0.5, 0.6) is 0 Å². The highest BCUT2D eigenvalue weighted by Gasteiger charge is 2.22. The molecule has 0 saturated carbocycles. The van der Waals surface area contributed by atoms with Gasteiger partial charge in [-0.3, -0.25) is 5.84 Å². The normalized spacial score (nSPS) is 16.1. The molecule has 0 amide bonds. The van der Waals surface area contributed by atoms with E-state index < -0.39 is 0 Å². The van der Waals surface area contributed by atoms with Gasteiger partial charge in [-0.15, -0.1) is 11.3 Å². The van der Waals surface area contributed by atoms with Crippen LogP contribution in [0.15, 0.2) is 18.5 Å². The first-order valence-electron chi connectivity index (χ1n) is 7.42. The monoisotopic (exact) mass is 290 g/mol. The third-order valence-electron chi connectivity index (χ3n) is 3.94. The van der Waals surface area contributed by atoms with Crippen molar-refractivity contribution in [3.05, 3.63) is 39.6 Å². The van der Waals surface area contributed by atoms with Crippen molar-refractivity contribution in [3.8, 4) is 0 Å². The predicted molar refractivity (Wildman–Crippen MR) is 82.6 cm³/mol. The summed E-state index contributed by atoms with van der Waals surface area (Å²) in [5.74, 6) is 6.84. The zero-order valence-corrected chi connectivity index (χ0v) is 12.7.